The van der Waals surface area contributed by atoms with E-state index in [1.54, 1.807) is 12.0 Å². The van der Waals surface area contributed by atoms with Crippen LogP contribution in [0.25, 0.3) is 0 Å². The third kappa shape index (κ3) is 3.07. The number of nitrogens with zero attached hydrogens (tertiary/aromatic N) is 1. The molecule has 0 unspecified atom stereocenters. The number of rotatable bonds is 4. The maximum Gasteiger partial charge on any atom is 0.227 e. The second kappa shape index (κ2) is 6.06. The Morgan fingerprint density at radius 2 is 2.32 bits per heavy atom. The van der Waals surface area contributed by atoms with Crippen LogP contribution in [0.2, 0.25) is 0 Å². The van der Waals surface area contributed by atoms with Crippen molar-refractivity contribution in [2.75, 3.05) is 20.3 Å². The first-order chi connectivity index (χ1) is 9.15. The van der Waals surface area contributed by atoms with E-state index in [0.717, 1.165) is 36.3 Å². The molecule has 4 heteroatoms. The zero-order valence-electron chi connectivity index (χ0n) is 11.6. The van der Waals surface area contributed by atoms with Crippen molar-refractivity contribution in [3.8, 4) is 5.75 Å². The number of ether oxygens (including phenoxy) is 1. The highest BCUT2D eigenvalue weighted by molar-refractivity contribution is 5.80. The second-order valence-corrected chi connectivity index (χ2v) is 5.06. The molecule has 1 N–H and O–H groups in total. The SMILES string of the molecule is COc1ccc(C)cc1CC(=O)N1CCC[C@@H]1CO. The molecule has 0 radical (unpaired) electrons. The van der Waals surface area contributed by atoms with Gasteiger partial charge in [0.15, 0.2) is 0 Å². The topological polar surface area (TPSA) is 49.8 Å². The van der Waals surface area contributed by atoms with Gasteiger partial charge in [-0.05, 0) is 25.8 Å². The Morgan fingerprint density at radius 1 is 1.53 bits per heavy atom. The van der Waals surface area contributed by atoms with Crippen molar-refractivity contribution in [2.45, 2.75) is 32.2 Å². The number of aryl methyl sites for hydroxylation is 1. The first-order valence-corrected chi connectivity index (χ1v) is 6.69. The molecule has 2 rings (SSSR count). The summed E-state index contributed by atoms with van der Waals surface area (Å²) in [6.07, 6.45) is 2.20. The number of amides is 1. The van der Waals surface area contributed by atoms with Gasteiger partial charge in [0.05, 0.1) is 26.2 Å². The van der Waals surface area contributed by atoms with Crippen LogP contribution in [-0.2, 0) is 11.2 Å². The third-order valence-electron chi connectivity index (χ3n) is 3.69. The molecule has 0 bridgehead atoms. The van der Waals surface area contributed by atoms with Crippen molar-refractivity contribution in [1.29, 1.82) is 0 Å². The normalized spacial score (nSPS) is 18.7. The lowest BCUT2D eigenvalue weighted by molar-refractivity contribution is -0.132. The Morgan fingerprint density at radius 3 is 3.00 bits per heavy atom. The molecule has 104 valence electrons. The van der Waals surface area contributed by atoms with Crippen molar-refractivity contribution in [3.63, 3.8) is 0 Å². The first-order valence-electron chi connectivity index (χ1n) is 6.69. The molecule has 1 atom stereocenters. The molecule has 19 heavy (non-hydrogen) atoms. The number of carbonyl (C=O) groups excluding carboxylic acids is 1. The summed E-state index contributed by atoms with van der Waals surface area (Å²) in [4.78, 5) is 14.1. The van der Waals surface area contributed by atoms with Gasteiger partial charge >= 0.3 is 0 Å². The van der Waals surface area contributed by atoms with E-state index in [4.69, 9.17) is 4.74 Å². The van der Waals surface area contributed by atoms with Gasteiger partial charge in [0.2, 0.25) is 5.91 Å². The molecule has 1 heterocycles. The molecular weight excluding hydrogens is 242 g/mol. The van der Waals surface area contributed by atoms with Crippen LogP contribution in [0.15, 0.2) is 18.2 Å². The zero-order chi connectivity index (χ0) is 13.8. The summed E-state index contributed by atoms with van der Waals surface area (Å²) in [5.41, 5.74) is 2.03. The minimum Gasteiger partial charge on any atom is -0.496 e. The Labute approximate surface area is 114 Å². The molecule has 0 saturated carbocycles. The third-order valence-corrected chi connectivity index (χ3v) is 3.69. The van der Waals surface area contributed by atoms with Crippen LogP contribution in [0.1, 0.15) is 24.0 Å². The molecule has 1 amide bonds. The largest absolute Gasteiger partial charge is 0.496 e. The van der Waals surface area contributed by atoms with E-state index in [1.165, 1.54) is 0 Å². The minimum atomic E-state index is -0.0108. The van der Waals surface area contributed by atoms with E-state index in [1.807, 2.05) is 25.1 Å². The predicted octanol–water partition coefficient (Wildman–Crippen LogP) is 1.53. The monoisotopic (exact) mass is 263 g/mol. The fourth-order valence-electron chi connectivity index (χ4n) is 2.66. The predicted molar refractivity (Wildman–Crippen MR) is 73.3 cm³/mol. The van der Waals surface area contributed by atoms with Crippen LogP contribution in [0.3, 0.4) is 0 Å². The smallest absolute Gasteiger partial charge is 0.227 e. The molecule has 1 aromatic carbocycles. The van der Waals surface area contributed by atoms with Gasteiger partial charge in [-0.15, -0.1) is 0 Å². The van der Waals surface area contributed by atoms with E-state index in [-0.39, 0.29) is 18.6 Å². The van der Waals surface area contributed by atoms with E-state index in [2.05, 4.69) is 0 Å². The van der Waals surface area contributed by atoms with Crippen LogP contribution in [0.4, 0.5) is 0 Å². The summed E-state index contributed by atoms with van der Waals surface area (Å²) in [5, 5.41) is 9.28. The van der Waals surface area contributed by atoms with Gasteiger partial charge in [-0.25, -0.2) is 0 Å². The molecule has 0 aliphatic carbocycles. The molecule has 1 saturated heterocycles. The van der Waals surface area contributed by atoms with Crippen LogP contribution in [-0.4, -0.2) is 42.2 Å². The van der Waals surface area contributed by atoms with Gasteiger partial charge in [0.1, 0.15) is 5.75 Å². The molecule has 1 aliphatic heterocycles. The molecule has 0 spiro atoms. The van der Waals surface area contributed by atoms with Crippen LogP contribution in [0, 0.1) is 6.92 Å². The number of hydrogen-bond acceptors (Lipinski definition) is 3. The number of benzene rings is 1. The lowest BCUT2D eigenvalue weighted by Crippen LogP contribution is -2.38. The van der Waals surface area contributed by atoms with Crippen LogP contribution < -0.4 is 4.74 Å². The van der Waals surface area contributed by atoms with Gasteiger partial charge in [0, 0.05) is 12.1 Å². The van der Waals surface area contributed by atoms with Crippen molar-refractivity contribution in [3.05, 3.63) is 29.3 Å². The molecule has 4 nitrogen and oxygen atoms in total. The average molecular weight is 263 g/mol. The van der Waals surface area contributed by atoms with Gasteiger partial charge in [-0.2, -0.15) is 0 Å². The highest BCUT2D eigenvalue weighted by Crippen LogP contribution is 2.23. The summed E-state index contributed by atoms with van der Waals surface area (Å²) >= 11 is 0. The van der Waals surface area contributed by atoms with Crippen molar-refractivity contribution in [2.24, 2.45) is 0 Å². The summed E-state index contributed by atoms with van der Waals surface area (Å²) in [5.74, 6) is 0.819. The summed E-state index contributed by atoms with van der Waals surface area (Å²) in [7, 11) is 1.62. The van der Waals surface area contributed by atoms with Crippen molar-refractivity contribution < 1.29 is 14.6 Å². The van der Waals surface area contributed by atoms with Crippen LogP contribution >= 0.6 is 0 Å². The lowest BCUT2D eigenvalue weighted by atomic mass is 10.1. The summed E-state index contributed by atoms with van der Waals surface area (Å²) in [6.45, 7) is 2.80. The van der Waals surface area contributed by atoms with E-state index in [0.29, 0.717) is 6.42 Å². The van der Waals surface area contributed by atoms with E-state index in [9.17, 15) is 9.90 Å². The maximum absolute atomic E-state index is 12.3. The van der Waals surface area contributed by atoms with Gasteiger partial charge in [0.25, 0.3) is 0 Å². The number of hydrogen-bond donors (Lipinski definition) is 1. The molecular formula is C15H21NO3. The standard InChI is InChI=1S/C15H21NO3/c1-11-5-6-14(19-2)12(8-11)9-15(18)16-7-3-4-13(16)10-17/h5-6,8,13,17H,3-4,7,9-10H2,1-2H3/t13-/m1/s1. The zero-order valence-corrected chi connectivity index (χ0v) is 11.6. The Kier molecular flexibility index (Phi) is 4.43. The number of carbonyl (C=O) groups is 1. The molecule has 1 aliphatic rings. The highest BCUT2D eigenvalue weighted by Gasteiger charge is 2.28. The molecule has 1 fully saturated rings. The van der Waals surface area contributed by atoms with Gasteiger partial charge < -0.3 is 14.7 Å². The molecule has 0 aromatic heterocycles. The highest BCUT2D eigenvalue weighted by atomic mass is 16.5. The lowest BCUT2D eigenvalue weighted by Gasteiger charge is -2.23. The molecule has 1 aromatic rings. The number of aliphatic hydroxyl groups excluding tert-OH is 1. The summed E-state index contributed by atoms with van der Waals surface area (Å²) in [6, 6.07) is 5.84. The fourth-order valence-corrected chi connectivity index (χ4v) is 2.66. The Balaban J connectivity index is 2.12. The number of methoxy groups -OCH3 is 1. The first kappa shape index (κ1) is 13.9. The van der Waals surface area contributed by atoms with Gasteiger partial charge in [-0.3, -0.25) is 4.79 Å². The second-order valence-electron chi connectivity index (χ2n) is 5.06. The Hall–Kier alpha value is -1.55. The number of likely N-dealkylation sites (tertiary alicyclic amines) is 1. The van der Waals surface area contributed by atoms with Crippen molar-refractivity contribution in [1.82, 2.24) is 4.90 Å². The maximum atomic E-state index is 12.3. The van der Waals surface area contributed by atoms with E-state index < -0.39 is 0 Å². The van der Waals surface area contributed by atoms with Crippen LogP contribution in [0.5, 0.6) is 5.75 Å². The average Bonchev–Trinajstić information content (AvgIpc) is 2.87. The van der Waals surface area contributed by atoms with E-state index >= 15 is 0 Å². The fraction of sp³-hybridized carbons (Fsp3) is 0.533. The Bertz CT molecular complexity index is 459. The van der Waals surface area contributed by atoms with Gasteiger partial charge in [-0.1, -0.05) is 17.7 Å². The quantitative estimate of drug-likeness (QED) is 0.896. The minimum absolute atomic E-state index is 0.0108. The summed E-state index contributed by atoms with van der Waals surface area (Å²) < 4.78 is 5.30. The van der Waals surface area contributed by atoms with Crippen molar-refractivity contribution >= 4 is 5.91 Å². The number of aliphatic hydroxyl groups is 1.